The summed E-state index contributed by atoms with van der Waals surface area (Å²) < 4.78 is 5.27. The van der Waals surface area contributed by atoms with E-state index in [1.165, 1.54) is 0 Å². The van der Waals surface area contributed by atoms with Crippen molar-refractivity contribution in [1.29, 1.82) is 0 Å². The molecule has 0 spiro atoms. The number of carbonyl (C=O) groups excluding carboxylic acids is 2. The number of hydrogen-bond donors (Lipinski definition) is 2. The molecule has 2 aromatic carbocycles. The zero-order valence-corrected chi connectivity index (χ0v) is 18.8. The zero-order chi connectivity index (χ0) is 22.4. The number of rotatable bonds is 6. The maximum Gasteiger partial charge on any atom is 0.313 e. The van der Waals surface area contributed by atoms with Crippen LogP contribution < -0.4 is 15.4 Å². The highest BCUT2D eigenvalue weighted by Gasteiger charge is 2.25. The topological polar surface area (TPSA) is 73.9 Å². The SMILES string of the molecule is COc1ccc(C(CNC(=O)C(=O)Nc2ccc(C)cc2C)N2CCN(C)CC2)cc1. The van der Waals surface area contributed by atoms with Crippen LogP contribution in [0.15, 0.2) is 42.5 Å². The molecule has 0 saturated carbocycles. The van der Waals surface area contributed by atoms with E-state index < -0.39 is 11.8 Å². The summed E-state index contributed by atoms with van der Waals surface area (Å²) in [5, 5.41) is 5.55. The molecular weight excluding hydrogens is 392 g/mol. The summed E-state index contributed by atoms with van der Waals surface area (Å²) >= 11 is 0. The summed E-state index contributed by atoms with van der Waals surface area (Å²) in [4.78, 5) is 29.6. The van der Waals surface area contributed by atoms with Crippen LogP contribution in [0.3, 0.4) is 0 Å². The fourth-order valence-electron chi connectivity index (χ4n) is 3.82. The normalized spacial score (nSPS) is 15.9. The molecule has 7 nitrogen and oxygen atoms in total. The highest BCUT2D eigenvalue weighted by atomic mass is 16.5. The van der Waals surface area contributed by atoms with Crippen molar-refractivity contribution in [2.24, 2.45) is 0 Å². The summed E-state index contributed by atoms with van der Waals surface area (Å²) in [5.41, 5.74) is 3.76. The Bertz CT molecular complexity index is 906. The number of nitrogens with zero attached hydrogens (tertiary/aromatic N) is 2. The molecule has 1 unspecified atom stereocenters. The van der Waals surface area contributed by atoms with Crippen molar-refractivity contribution in [1.82, 2.24) is 15.1 Å². The zero-order valence-electron chi connectivity index (χ0n) is 18.8. The molecule has 1 atom stereocenters. The van der Waals surface area contributed by atoms with E-state index in [0.717, 1.165) is 48.6 Å². The molecule has 31 heavy (non-hydrogen) atoms. The first-order chi connectivity index (χ1) is 14.9. The highest BCUT2D eigenvalue weighted by Crippen LogP contribution is 2.24. The van der Waals surface area contributed by atoms with Crippen LogP contribution in [0.1, 0.15) is 22.7 Å². The number of carbonyl (C=O) groups is 2. The third kappa shape index (κ3) is 6.06. The molecule has 0 bridgehead atoms. The van der Waals surface area contributed by atoms with E-state index in [1.807, 2.05) is 56.3 Å². The molecule has 0 aliphatic carbocycles. The Kier molecular flexibility index (Phi) is 7.65. The van der Waals surface area contributed by atoms with Crippen LogP contribution >= 0.6 is 0 Å². The van der Waals surface area contributed by atoms with Crippen molar-refractivity contribution >= 4 is 17.5 Å². The summed E-state index contributed by atoms with van der Waals surface area (Å²) in [6.45, 7) is 7.99. The van der Waals surface area contributed by atoms with Gasteiger partial charge in [-0.3, -0.25) is 14.5 Å². The van der Waals surface area contributed by atoms with E-state index in [4.69, 9.17) is 4.74 Å². The second-order valence-electron chi connectivity index (χ2n) is 8.11. The number of amides is 2. The molecule has 2 aromatic rings. The second kappa shape index (κ2) is 10.4. The number of ether oxygens (including phenoxy) is 1. The Labute approximate surface area is 184 Å². The lowest BCUT2D eigenvalue weighted by Crippen LogP contribution is -2.49. The average Bonchev–Trinajstić information content (AvgIpc) is 2.77. The Hall–Kier alpha value is -2.90. The third-order valence-electron chi connectivity index (χ3n) is 5.77. The van der Waals surface area contributed by atoms with Gasteiger partial charge in [0.25, 0.3) is 0 Å². The van der Waals surface area contributed by atoms with Gasteiger partial charge >= 0.3 is 11.8 Å². The summed E-state index contributed by atoms with van der Waals surface area (Å²) in [5.74, 6) is -0.496. The standard InChI is InChI=1S/C24H32N4O3/c1-17-5-10-21(18(2)15-17)26-24(30)23(29)25-16-22(28-13-11-27(3)12-14-28)19-6-8-20(31-4)9-7-19/h5-10,15,22H,11-14,16H2,1-4H3,(H,25,29)(H,26,30). The lowest BCUT2D eigenvalue weighted by Gasteiger charge is -2.38. The molecule has 7 heteroatoms. The molecule has 0 radical (unpaired) electrons. The van der Waals surface area contributed by atoms with E-state index in [1.54, 1.807) is 7.11 Å². The maximum atomic E-state index is 12.5. The lowest BCUT2D eigenvalue weighted by molar-refractivity contribution is -0.136. The number of anilines is 1. The first-order valence-corrected chi connectivity index (χ1v) is 10.6. The van der Waals surface area contributed by atoms with Gasteiger partial charge in [0.15, 0.2) is 0 Å². The molecule has 2 amide bonds. The number of piperazine rings is 1. The van der Waals surface area contributed by atoms with Crippen LogP contribution in [-0.4, -0.2) is 68.5 Å². The number of benzene rings is 2. The van der Waals surface area contributed by atoms with Gasteiger partial charge in [-0.25, -0.2) is 0 Å². The molecule has 1 aliphatic rings. The number of hydrogen-bond acceptors (Lipinski definition) is 5. The van der Waals surface area contributed by atoms with Crippen molar-refractivity contribution in [2.45, 2.75) is 19.9 Å². The van der Waals surface area contributed by atoms with Gasteiger partial charge in [0.1, 0.15) is 5.75 Å². The molecule has 166 valence electrons. The van der Waals surface area contributed by atoms with Gasteiger partial charge in [-0.15, -0.1) is 0 Å². The van der Waals surface area contributed by atoms with E-state index in [0.29, 0.717) is 12.2 Å². The minimum atomic E-state index is -0.654. The van der Waals surface area contributed by atoms with E-state index in [2.05, 4.69) is 27.5 Å². The van der Waals surface area contributed by atoms with Crippen LogP contribution in [0.2, 0.25) is 0 Å². The van der Waals surface area contributed by atoms with E-state index in [9.17, 15) is 9.59 Å². The van der Waals surface area contributed by atoms with Crippen molar-refractivity contribution in [3.8, 4) is 5.75 Å². The molecule has 3 rings (SSSR count). The van der Waals surface area contributed by atoms with Crippen molar-refractivity contribution in [2.75, 3.05) is 52.2 Å². The summed E-state index contributed by atoms with van der Waals surface area (Å²) in [6.07, 6.45) is 0. The van der Waals surface area contributed by atoms with Crippen LogP contribution in [0, 0.1) is 13.8 Å². The largest absolute Gasteiger partial charge is 0.497 e. The lowest BCUT2D eigenvalue weighted by atomic mass is 10.0. The smallest absolute Gasteiger partial charge is 0.313 e. The third-order valence-corrected chi connectivity index (χ3v) is 5.77. The number of nitrogens with one attached hydrogen (secondary N) is 2. The predicted molar refractivity (Wildman–Crippen MR) is 122 cm³/mol. The highest BCUT2D eigenvalue weighted by molar-refractivity contribution is 6.39. The van der Waals surface area contributed by atoms with Crippen molar-refractivity contribution in [3.05, 3.63) is 59.2 Å². The molecule has 1 aliphatic heterocycles. The summed E-state index contributed by atoms with van der Waals surface area (Å²) in [7, 11) is 3.75. The quantitative estimate of drug-likeness (QED) is 0.697. The first-order valence-electron chi connectivity index (χ1n) is 10.6. The van der Waals surface area contributed by atoms with Gasteiger partial charge in [0.2, 0.25) is 0 Å². The molecule has 2 N–H and O–H groups in total. The number of methoxy groups -OCH3 is 1. The Morgan fingerprint density at radius 2 is 1.68 bits per heavy atom. The number of aryl methyl sites for hydroxylation is 2. The van der Waals surface area contributed by atoms with Crippen LogP contribution in [0.5, 0.6) is 5.75 Å². The minimum Gasteiger partial charge on any atom is -0.497 e. The van der Waals surface area contributed by atoms with Gasteiger partial charge in [0, 0.05) is 38.4 Å². The van der Waals surface area contributed by atoms with Gasteiger partial charge in [-0.05, 0) is 50.2 Å². The van der Waals surface area contributed by atoms with Crippen LogP contribution in [0.4, 0.5) is 5.69 Å². The first kappa shape index (κ1) is 22.8. The van der Waals surface area contributed by atoms with Gasteiger partial charge in [-0.1, -0.05) is 29.8 Å². The molecule has 1 heterocycles. The average molecular weight is 425 g/mol. The molecular formula is C24H32N4O3. The minimum absolute atomic E-state index is 0.0162. The maximum absolute atomic E-state index is 12.5. The van der Waals surface area contributed by atoms with E-state index in [-0.39, 0.29) is 6.04 Å². The molecule has 1 fully saturated rings. The van der Waals surface area contributed by atoms with Gasteiger partial charge in [-0.2, -0.15) is 0 Å². The van der Waals surface area contributed by atoms with Gasteiger partial charge < -0.3 is 20.3 Å². The fourth-order valence-corrected chi connectivity index (χ4v) is 3.82. The second-order valence-corrected chi connectivity index (χ2v) is 8.11. The van der Waals surface area contributed by atoms with Crippen LogP contribution in [0.25, 0.3) is 0 Å². The van der Waals surface area contributed by atoms with Crippen LogP contribution in [-0.2, 0) is 9.59 Å². The van der Waals surface area contributed by atoms with E-state index >= 15 is 0 Å². The van der Waals surface area contributed by atoms with Crippen molar-refractivity contribution < 1.29 is 14.3 Å². The number of likely N-dealkylation sites (N-methyl/N-ethyl adjacent to an activating group) is 1. The Balaban J connectivity index is 1.66. The molecule has 0 aromatic heterocycles. The summed E-state index contributed by atoms with van der Waals surface area (Å²) in [6, 6.07) is 13.6. The Morgan fingerprint density at radius 3 is 2.29 bits per heavy atom. The predicted octanol–water partition coefficient (Wildman–Crippen LogP) is 2.36. The fraction of sp³-hybridized carbons (Fsp3) is 0.417. The monoisotopic (exact) mass is 424 g/mol. The van der Waals surface area contributed by atoms with Crippen molar-refractivity contribution in [3.63, 3.8) is 0 Å². The molecule has 1 saturated heterocycles. The Morgan fingerprint density at radius 1 is 1.00 bits per heavy atom. The van der Waals surface area contributed by atoms with Gasteiger partial charge in [0.05, 0.1) is 13.2 Å².